The zero-order valence-corrected chi connectivity index (χ0v) is 26.1. The van der Waals surface area contributed by atoms with Crippen LogP contribution in [0.4, 0.5) is 5.69 Å². The van der Waals surface area contributed by atoms with Crippen LogP contribution in [-0.4, -0.2) is 50.5 Å². The summed E-state index contributed by atoms with van der Waals surface area (Å²) in [4.78, 5) is 29.2. The number of nitrogens with one attached hydrogen (secondary N) is 1. The van der Waals surface area contributed by atoms with Crippen molar-refractivity contribution in [3.8, 4) is 0 Å². The smallest absolute Gasteiger partial charge is 0.244 e. The van der Waals surface area contributed by atoms with Gasteiger partial charge in [-0.3, -0.25) is 13.9 Å². The van der Waals surface area contributed by atoms with Gasteiger partial charge in [0.1, 0.15) is 12.6 Å². The lowest BCUT2D eigenvalue weighted by Crippen LogP contribution is -2.53. The number of hydrogen-bond acceptors (Lipinski definition) is 4. The lowest BCUT2D eigenvalue weighted by Gasteiger charge is -2.33. The van der Waals surface area contributed by atoms with Gasteiger partial charge >= 0.3 is 0 Å². The number of carbonyl (C=O) groups excluding carboxylic acids is 2. The van der Waals surface area contributed by atoms with Crippen molar-refractivity contribution in [3.63, 3.8) is 0 Å². The number of carbonyl (C=O) groups is 2. The molecule has 0 aliphatic rings. The van der Waals surface area contributed by atoms with Crippen LogP contribution in [0.1, 0.15) is 36.1 Å². The molecule has 7 nitrogen and oxygen atoms in total. The molecule has 0 radical (unpaired) electrons. The van der Waals surface area contributed by atoms with Crippen molar-refractivity contribution in [1.29, 1.82) is 0 Å². The van der Waals surface area contributed by atoms with Crippen molar-refractivity contribution in [2.24, 2.45) is 5.92 Å². The summed E-state index contributed by atoms with van der Waals surface area (Å²) in [6, 6.07) is 21.6. The molecule has 1 N–H and O–H groups in total. The van der Waals surface area contributed by atoms with E-state index in [1.165, 1.54) is 4.90 Å². The molecule has 0 spiro atoms. The Balaban J connectivity index is 2.05. The average molecular weight is 629 g/mol. The van der Waals surface area contributed by atoms with Crippen molar-refractivity contribution in [2.75, 3.05) is 23.7 Å². The number of anilines is 1. The van der Waals surface area contributed by atoms with E-state index >= 15 is 0 Å². The number of hydrogen-bond donors (Lipinski definition) is 1. The van der Waals surface area contributed by atoms with Crippen LogP contribution >= 0.6 is 15.9 Å². The van der Waals surface area contributed by atoms with Gasteiger partial charge in [0.2, 0.25) is 21.8 Å². The highest BCUT2D eigenvalue weighted by Gasteiger charge is 2.33. The van der Waals surface area contributed by atoms with Gasteiger partial charge in [0.05, 0.1) is 11.9 Å². The van der Waals surface area contributed by atoms with E-state index in [0.29, 0.717) is 18.7 Å². The third-order valence-corrected chi connectivity index (χ3v) is 8.57. The second-order valence-corrected chi connectivity index (χ2v) is 13.3. The minimum atomic E-state index is -3.81. The molecule has 0 aliphatic carbocycles. The maximum absolute atomic E-state index is 14.1. The molecule has 0 aromatic heterocycles. The highest BCUT2D eigenvalue weighted by atomic mass is 79.9. The normalized spacial score (nSPS) is 12.2. The van der Waals surface area contributed by atoms with E-state index < -0.39 is 28.5 Å². The van der Waals surface area contributed by atoms with Gasteiger partial charge in [-0.2, -0.15) is 0 Å². The van der Waals surface area contributed by atoms with Crippen LogP contribution in [-0.2, 0) is 32.6 Å². The molecule has 9 heteroatoms. The van der Waals surface area contributed by atoms with E-state index in [9.17, 15) is 18.0 Å². The molecule has 0 heterocycles. The molecule has 2 amide bonds. The summed E-state index contributed by atoms with van der Waals surface area (Å²) < 4.78 is 27.8. The maximum Gasteiger partial charge on any atom is 0.244 e. The fraction of sp³-hybridized carbons (Fsp3) is 0.355. The summed E-state index contributed by atoms with van der Waals surface area (Å²) in [6.07, 6.45) is 1.37. The Morgan fingerprint density at radius 3 is 2.15 bits per heavy atom. The average Bonchev–Trinajstić information content (AvgIpc) is 2.90. The topological polar surface area (TPSA) is 86.8 Å². The monoisotopic (exact) mass is 627 g/mol. The van der Waals surface area contributed by atoms with Crippen LogP contribution in [0.3, 0.4) is 0 Å². The lowest BCUT2D eigenvalue weighted by atomic mass is 10.0. The number of amides is 2. The molecular formula is C31H38BrN3O4S. The second kappa shape index (κ2) is 13.9. The number of rotatable bonds is 12. The first kappa shape index (κ1) is 31.4. The Bertz CT molecular complexity index is 1410. The number of aryl methyl sites for hydroxylation is 2. The van der Waals surface area contributed by atoms with Crippen LogP contribution in [0.15, 0.2) is 77.3 Å². The minimum absolute atomic E-state index is 0.155. The van der Waals surface area contributed by atoms with Crippen molar-refractivity contribution < 1.29 is 18.0 Å². The quantitative estimate of drug-likeness (QED) is 0.297. The summed E-state index contributed by atoms with van der Waals surface area (Å²) in [7, 11) is -3.81. The Kier molecular flexibility index (Phi) is 10.9. The molecule has 0 fully saturated rings. The van der Waals surface area contributed by atoms with E-state index in [0.717, 1.165) is 37.3 Å². The van der Waals surface area contributed by atoms with Crippen LogP contribution in [0, 0.1) is 19.8 Å². The molecule has 40 heavy (non-hydrogen) atoms. The molecule has 0 aliphatic heterocycles. The van der Waals surface area contributed by atoms with Gasteiger partial charge in [-0.1, -0.05) is 89.9 Å². The van der Waals surface area contributed by atoms with Gasteiger partial charge in [-0.25, -0.2) is 8.42 Å². The molecule has 3 aromatic rings. The number of benzene rings is 3. The van der Waals surface area contributed by atoms with Crippen molar-refractivity contribution in [1.82, 2.24) is 10.2 Å². The van der Waals surface area contributed by atoms with Crippen LogP contribution in [0.25, 0.3) is 0 Å². The Labute approximate surface area is 246 Å². The molecule has 3 aromatic carbocycles. The summed E-state index contributed by atoms with van der Waals surface area (Å²) >= 11 is 3.45. The fourth-order valence-electron chi connectivity index (χ4n) is 4.26. The summed E-state index contributed by atoms with van der Waals surface area (Å²) in [5.41, 5.74) is 4.04. The first-order valence-corrected chi connectivity index (χ1v) is 15.9. The molecule has 0 unspecified atom stereocenters. The zero-order valence-electron chi connectivity index (χ0n) is 23.7. The standard InChI is InChI=1S/C31H38BrN3O4S/c1-22(2)19-33-31(37)29(18-25-9-7-6-8-10-25)34(20-26-13-11-23(3)12-14-26)30(36)21-35(40(5,38)39)27-15-16-28(32)24(4)17-27/h6-17,22,29H,18-21H2,1-5H3,(H,33,37)/t29-/m0/s1. The second-order valence-electron chi connectivity index (χ2n) is 10.6. The van der Waals surface area contributed by atoms with Gasteiger partial charge in [0.15, 0.2) is 0 Å². The largest absolute Gasteiger partial charge is 0.354 e. The van der Waals surface area contributed by atoms with E-state index in [1.54, 1.807) is 18.2 Å². The summed E-state index contributed by atoms with van der Waals surface area (Å²) in [5, 5.41) is 2.99. The lowest BCUT2D eigenvalue weighted by molar-refractivity contribution is -0.140. The molecule has 0 saturated heterocycles. The summed E-state index contributed by atoms with van der Waals surface area (Å²) in [6.45, 7) is 8.03. The summed E-state index contributed by atoms with van der Waals surface area (Å²) in [5.74, 6) is -0.514. The first-order chi connectivity index (χ1) is 18.8. The van der Waals surface area contributed by atoms with Crippen molar-refractivity contribution in [3.05, 3.63) is 99.5 Å². The van der Waals surface area contributed by atoms with Crippen LogP contribution in [0.5, 0.6) is 0 Å². The minimum Gasteiger partial charge on any atom is -0.354 e. The van der Waals surface area contributed by atoms with Gasteiger partial charge in [0, 0.05) is 24.0 Å². The molecule has 0 bridgehead atoms. The first-order valence-electron chi connectivity index (χ1n) is 13.3. The van der Waals surface area contributed by atoms with Crippen molar-refractivity contribution >= 4 is 43.5 Å². The maximum atomic E-state index is 14.1. The number of halogens is 1. The third kappa shape index (κ3) is 8.93. The Morgan fingerprint density at radius 2 is 1.57 bits per heavy atom. The highest BCUT2D eigenvalue weighted by Crippen LogP contribution is 2.25. The molecule has 3 rings (SSSR count). The molecular weight excluding hydrogens is 590 g/mol. The molecule has 214 valence electrons. The highest BCUT2D eigenvalue weighted by molar-refractivity contribution is 9.10. The van der Waals surface area contributed by atoms with E-state index in [1.807, 2.05) is 82.3 Å². The van der Waals surface area contributed by atoms with E-state index in [-0.39, 0.29) is 18.4 Å². The molecule has 1 atom stereocenters. The SMILES string of the molecule is Cc1ccc(CN(C(=O)CN(c2ccc(Br)c(C)c2)S(C)(=O)=O)[C@@H](Cc2ccccc2)C(=O)NCC(C)C)cc1. The van der Waals surface area contributed by atoms with E-state index in [2.05, 4.69) is 21.2 Å². The Morgan fingerprint density at radius 1 is 0.925 bits per heavy atom. The fourth-order valence-corrected chi connectivity index (χ4v) is 5.35. The van der Waals surface area contributed by atoms with Crippen molar-refractivity contribution in [2.45, 2.75) is 46.7 Å². The Hall–Kier alpha value is -3.17. The van der Waals surface area contributed by atoms with Crippen LogP contribution in [0.2, 0.25) is 0 Å². The zero-order chi connectivity index (χ0) is 29.4. The predicted octanol–water partition coefficient (Wildman–Crippen LogP) is 5.24. The van der Waals surface area contributed by atoms with Gasteiger partial charge in [-0.05, 0) is 54.7 Å². The van der Waals surface area contributed by atoms with Gasteiger partial charge < -0.3 is 10.2 Å². The number of sulfonamides is 1. The third-order valence-electron chi connectivity index (χ3n) is 6.54. The van der Waals surface area contributed by atoms with Gasteiger partial charge in [0.25, 0.3) is 0 Å². The van der Waals surface area contributed by atoms with Gasteiger partial charge in [-0.15, -0.1) is 0 Å². The molecule has 0 saturated carbocycles. The van der Waals surface area contributed by atoms with E-state index in [4.69, 9.17) is 0 Å². The predicted molar refractivity (Wildman–Crippen MR) is 165 cm³/mol. The number of nitrogens with zero attached hydrogens (tertiary/aromatic N) is 2. The van der Waals surface area contributed by atoms with Crippen LogP contribution < -0.4 is 9.62 Å².